The van der Waals surface area contributed by atoms with Gasteiger partial charge in [0, 0.05) is 21.6 Å². The number of ketones is 1. The van der Waals surface area contributed by atoms with E-state index in [9.17, 15) is 19.2 Å². The van der Waals surface area contributed by atoms with Gasteiger partial charge in [0.15, 0.2) is 5.78 Å². The summed E-state index contributed by atoms with van der Waals surface area (Å²) in [4.78, 5) is 51.1. The number of ether oxygens (including phenoxy) is 1. The van der Waals surface area contributed by atoms with Crippen molar-refractivity contribution in [2.75, 3.05) is 20.3 Å². The molecule has 0 bridgehead atoms. The van der Waals surface area contributed by atoms with E-state index in [0.29, 0.717) is 13.2 Å². The molecular formula is C23H44N4O5S2. The average molecular weight is 521 g/mol. The number of carbonyl (C=O) groups is 4. The number of Topliss-reactive ketones (excluding diaryl/α,β-unsaturated/α-hetero) is 1. The summed E-state index contributed by atoms with van der Waals surface area (Å²) in [7, 11) is 1.84. The van der Waals surface area contributed by atoms with Gasteiger partial charge in [-0.25, -0.2) is 0 Å². The van der Waals surface area contributed by atoms with E-state index in [2.05, 4.69) is 46.5 Å². The van der Waals surface area contributed by atoms with E-state index in [-0.39, 0.29) is 17.9 Å². The van der Waals surface area contributed by atoms with Crippen molar-refractivity contribution in [3.8, 4) is 0 Å². The Balaban J connectivity index is 5.38. The Labute approximate surface area is 215 Å². The number of hydrogen-bond donors (Lipinski definition) is 6. The van der Waals surface area contributed by atoms with Gasteiger partial charge >= 0.3 is 0 Å². The maximum Gasteiger partial charge on any atom is 0.244 e. The third-order valence-corrected chi connectivity index (χ3v) is 5.90. The molecule has 4 atom stereocenters. The van der Waals surface area contributed by atoms with Gasteiger partial charge in [-0.15, -0.1) is 0 Å². The van der Waals surface area contributed by atoms with E-state index >= 15 is 0 Å². The number of amides is 3. The van der Waals surface area contributed by atoms with Crippen LogP contribution in [0.4, 0.5) is 0 Å². The molecule has 34 heavy (non-hydrogen) atoms. The van der Waals surface area contributed by atoms with E-state index in [1.165, 1.54) is 20.8 Å². The average Bonchev–Trinajstić information content (AvgIpc) is 2.66. The highest BCUT2D eigenvalue weighted by Gasteiger charge is 2.43. The fraction of sp³-hybridized carbons (Fsp3) is 0.826. The van der Waals surface area contributed by atoms with Crippen LogP contribution in [-0.4, -0.2) is 77.4 Å². The number of hydrogen-bond acceptors (Lipinski definition) is 8. The molecule has 9 nitrogen and oxygen atoms in total. The maximum atomic E-state index is 13.1. The first-order chi connectivity index (χ1) is 15.2. The number of carbonyl (C=O) groups excluding carboxylic acids is 4. The zero-order valence-electron chi connectivity index (χ0n) is 22.2. The van der Waals surface area contributed by atoms with Gasteiger partial charge in [-0.3, -0.25) is 19.2 Å². The van der Waals surface area contributed by atoms with Crippen molar-refractivity contribution in [3.63, 3.8) is 0 Å². The number of rotatable bonds is 14. The molecule has 4 N–H and O–H groups in total. The predicted molar refractivity (Wildman–Crippen MR) is 141 cm³/mol. The van der Waals surface area contributed by atoms with Crippen LogP contribution in [-0.2, 0) is 23.9 Å². The van der Waals surface area contributed by atoms with Crippen LogP contribution in [0.5, 0.6) is 0 Å². The number of nitrogens with one attached hydrogen (secondary N) is 4. The lowest BCUT2D eigenvalue weighted by Crippen LogP contribution is -2.62. The standard InChI is InChI=1S/C23H44N4O5S2/c1-13(24-10)11-32-12-14(2)25-18(29)17(23(8,9)34)27-20(31)21(4,5)19(30)26-16(15(3)28)22(6,7)33/h13-14,16-17,24,33-34H,11-12H2,1-10H3,(H,25,29)(H,26,30)(H,27,31). The summed E-state index contributed by atoms with van der Waals surface area (Å²) in [5, 5.41) is 11.2. The molecule has 0 saturated heterocycles. The van der Waals surface area contributed by atoms with Crippen LogP contribution in [0.3, 0.4) is 0 Å². The molecular weight excluding hydrogens is 476 g/mol. The summed E-state index contributed by atoms with van der Waals surface area (Å²) in [6.45, 7) is 15.6. The van der Waals surface area contributed by atoms with Crippen molar-refractivity contribution in [2.24, 2.45) is 5.41 Å². The van der Waals surface area contributed by atoms with Crippen LogP contribution in [0, 0.1) is 5.41 Å². The number of thiol groups is 2. The van der Waals surface area contributed by atoms with Gasteiger partial charge in [0.25, 0.3) is 0 Å². The van der Waals surface area contributed by atoms with Crippen molar-refractivity contribution >= 4 is 48.8 Å². The first-order valence-electron chi connectivity index (χ1n) is 11.4. The van der Waals surface area contributed by atoms with Crippen LogP contribution < -0.4 is 21.3 Å². The largest absolute Gasteiger partial charge is 0.378 e. The lowest BCUT2D eigenvalue weighted by Gasteiger charge is -2.35. The van der Waals surface area contributed by atoms with Crippen molar-refractivity contribution in [1.29, 1.82) is 0 Å². The molecule has 0 aliphatic carbocycles. The van der Waals surface area contributed by atoms with Crippen molar-refractivity contribution in [2.45, 2.75) is 96.0 Å². The van der Waals surface area contributed by atoms with Crippen LogP contribution in [0.15, 0.2) is 0 Å². The Bertz CT molecular complexity index is 732. The Morgan fingerprint density at radius 3 is 1.56 bits per heavy atom. The fourth-order valence-corrected chi connectivity index (χ4v) is 3.37. The Morgan fingerprint density at radius 2 is 1.18 bits per heavy atom. The molecule has 0 aromatic heterocycles. The van der Waals surface area contributed by atoms with Crippen molar-refractivity contribution in [1.82, 2.24) is 21.3 Å². The van der Waals surface area contributed by atoms with Gasteiger partial charge in [0.1, 0.15) is 17.5 Å². The molecule has 198 valence electrons. The first-order valence-corrected chi connectivity index (χ1v) is 12.3. The summed E-state index contributed by atoms with van der Waals surface area (Å²) in [5.41, 5.74) is -1.57. The predicted octanol–water partition coefficient (Wildman–Crippen LogP) is 1.12. The second-order valence-corrected chi connectivity index (χ2v) is 12.8. The molecule has 0 aromatic rings. The molecule has 0 aliphatic heterocycles. The minimum absolute atomic E-state index is 0.176. The lowest BCUT2D eigenvalue weighted by molar-refractivity contribution is -0.145. The fourth-order valence-electron chi connectivity index (χ4n) is 2.94. The molecule has 0 heterocycles. The van der Waals surface area contributed by atoms with Crippen LogP contribution >= 0.6 is 25.3 Å². The third-order valence-electron chi connectivity index (χ3n) is 5.38. The highest BCUT2D eigenvalue weighted by Crippen LogP contribution is 2.24. The molecule has 0 rings (SSSR count). The van der Waals surface area contributed by atoms with Crippen LogP contribution in [0.1, 0.15) is 62.3 Å². The molecule has 0 fully saturated rings. The van der Waals surface area contributed by atoms with Gasteiger partial charge in [0.2, 0.25) is 17.7 Å². The Kier molecular flexibility index (Phi) is 12.6. The summed E-state index contributed by atoms with van der Waals surface area (Å²) in [6.07, 6.45) is 0. The van der Waals surface area contributed by atoms with Crippen molar-refractivity contribution in [3.05, 3.63) is 0 Å². The molecule has 0 spiro atoms. The molecule has 11 heteroatoms. The van der Waals surface area contributed by atoms with Crippen LogP contribution in [0.2, 0.25) is 0 Å². The second kappa shape index (κ2) is 13.1. The monoisotopic (exact) mass is 520 g/mol. The summed E-state index contributed by atoms with van der Waals surface area (Å²) in [5.74, 6) is -2.04. The van der Waals surface area contributed by atoms with E-state index in [1.54, 1.807) is 34.6 Å². The second-order valence-electron chi connectivity index (χ2n) is 10.5. The molecule has 3 amide bonds. The molecule has 4 unspecified atom stereocenters. The minimum Gasteiger partial charge on any atom is -0.378 e. The highest BCUT2D eigenvalue weighted by molar-refractivity contribution is 7.82. The molecule has 0 aromatic carbocycles. The summed E-state index contributed by atoms with van der Waals surface area (Å²) in [6, 6.07) is -2.05. The van der Waals surface area contributed by atoms with Gasteiger partial charge in [-0.2, -0.15) is 25.3 Å². The molecule has 0 radical (unpaired) electrons. The SMILES string of the molecule is CNC(C)COCC(C)NC(=O)C(NC(=O)C(C)(C)C(=O)NC(C(C)=O)C(C)(C)S)C(C)(C)S. The topological polar surface area (TPSA) is 126 Å². The minimum atomic E-state index is -1.57. The number of likely N-dealkylation sites (N-methyl/N-ethyl adjacent to an activating group) is 1. The van der Waals surface area contributed by atoms with Gasteiger partial charge < -0.3 is 26.0 Å². The summed E-state index contributed by atoms with van der Waals surface area (Å²) >= 11 is 8.88. The maximum absolute atomic E-state index is 13.1. The lowest BCUT2D eigenvalue weighted by atomic mass is 9.88. The zero-order valence-corrected chi connectivity index (χ0v) is 23.9. The molecule has 0 saturated carbocycles. The molecule has 0 aliphatic rings. The zero-order chi connectivity index (χ0) is 27.1. The van der Waals surface area contributed by atoms with E-state index in [0.717, 1.165) is 0 Å². The van der Waals surface area contributed by atoms with Gasteiger partial charge in [-0.1, -0.05) is 0 Å². The normalized spacial score (nSPS) is 16.1. The van der Waals surface area contributed by atoms with E-state index < -0.39 is 44.7 Å². The van der Waals surface area contributed by atoms with Crippen LogP contribution in [0.25, 0.3) is 0 Å². The quantitative estimate of drug-likeness (QED) is 0.151. The smallest absolute Gasteiger partial charge is 0.244 e. The van der Waals surface area contributed by atoms with Gasteiger partial charge in [-0.05, 0) is 69.4 Å². The van der Waals surface area contributed by atoms with E-state index in [1.807, 2.05) is 14.0 Å². The van der Waals surface area contributed by atoms with E-state index in [4.69, 9.17) is 4.74 Å². The first kappa shape index (κ1) is 32.7. The highest BCUT2D eigenvalue weighted by atomic mass is 32.1. The van der Waals surface area contributed by atoms with Crippen molar-refractivity contribution < 1.29 is 23.9 Å². The van der Waals surface area contributed by atoms with Gasteiger partial charge in [0.05, 0.1) is 13.2 Å². The third kappa shape index (κ3) is 10.5. The Morgan fingerprint density at radius 1 is 0.765 bits per heavy atom. The summed E-state index contributed by atoms with van der Waals surface area (Å²) < 4.78 is 3.84. The Hall–Kier alpha value is -1.30.